The molecule has 0 radical (unpaired) electrons. The summed E-state index contributed by atoms with van der Waals surface area (Å²) < 4.78 is 10.8. The van der Waals surface area contributed by atoms with Crippen LogP contribution in [0.2, 0.25) is 0 Å². The highest BCUT2D eigenvalue weighted by Gasteiger charge is 2.13. The third kappa shape index (κ3) is 4.97. The maximum absolute atomic E-state index is 5.41. The molecular weight excluding hydrogens is 303 g/mol. The maximum atomic E-state index is 5.41. The molecule has 1 saturated carbocycles. The highest BCUT2D eigenvalue weighted by atomic mass is 31.0. The van der Waals surface area contributed by atoms with Crippen LogP contribution in [0.4, 0.5) is 0 Å². The minimum Gasteiger partial charge on any atom is -0.496 e. The van der Waals surface area contributed by atoms with E-state index in [4.69, 9.17) is 9.47 Å². The molecule has 0 aliphatic heterocycles. The number of ether oxygens (including phenoxy) is 2. The van der Waals surface area contributed by atoms with Crippen LogP contribution in [0.25, 0.3) is 11.1 Å². The van der Waals surface area contributed by atoms with Crippen molar-refractivity contribution in [3.05, 3.63) is 42.5 Å². The summed E-state index contributed by atoms with van der Waals surface area (Å²) in [5, 5.41) is 1.12. The average Bonchev–Trinajstić information content (AvgIpc) is 2.63. The third-order valence-corrected chi connectivity index (χ3v) is 4.66. The molecule has 0 N–H and O–H groups in total. The number of methoxy groups -OCH3 is 2. The molecule has 1 unspecified atom stereocenters. The second kappa shape index (κ2) is 9.57. The Hall–Kier alpha value is -1.53. The van der Waals surface area contributed by atoms with E-state index in [2.05, 4.69) is 15.3 Å². The van der Waals surface area contributed by atoms with Gasteiger partial charge in [0.2, 0.25) is 0 Å². The van der Waals surface area contributed by atoms with Crippen LogP contribution in [0.1, 0.15) is 38.5 Å². The highest BCUT2D eigenvalue weighted by molar-refractivity contribution is 7.28. The van der Waals surface area contributed by atoms with Crippen molar-refractivity contribution in [2.24, 2.45) is 0 Å². The number of hydrogen-bond acceptors (Lipinski definition) is 2. The molecule has 1 fully saturated rings. The average molecular weight is 330 g/mol. The molecule has 2 nitrogen and oxygen atoms in total. The first kappa shape index (κ1) is 17.8. The van der Waals surface area contributed by atoms with E-state index >= 15 is 0 Å². The van der Waals surface area contributed by atoms with Crippen LogP contribution < -0.4 is 14.8 Å². The van der Waals surface area contributed by atoms with Crippen molar-refractivity contribution in [1.29, 1.82) is 0 Å². The zero-order valence-corrected chi connectivity index (χ0v) is 15.3. The van der Waals surface area contributed by atoms with Gasteiger partial charge in [-0.25, -0.2) is 0 Å². The molecule has 3 rings (SSSR count). The lowest BCUT2D eigenvalue weighted by Gasteiger charge is -2.14. The first-order chi connectivity index (χ1) is 11.3. The van der Waals surface area contributed by atoms with Crippen LogP contribution in [0.15, 0.2) is 42.5 Å². The van der Waals surface area contributed by atoms with Gasteiger partial charge in [0.1, 0.15) is 11.5 Å². The van der Waals surface area contributed by atoms with E-state index < -0.39 is 0 Å². The van der Waals surface area contributed by atoms with Gasteiger partial charge in [-0.3, -0.25) is 0 Å². The van der Waals surface area contributed by atoms with Crippen molar-refractivity contribution in [3.63, 3.8) is 0 Å². The van der Waals surface area contributed by atoms with Crippen molar-refractivity contribution in [2.75, 3.05) is 14.2 Å². The Bertz CT molecular complexity index is 573. The lowest BCUT2D eigenvalue weighted by molar-refractivity contribution is 0.397. The minimum atomic E-state index is 0.819. The second-order valence-corrected chi connectivity index (χ2v) is 6.37. The zero-order chi connectivity index (χ0) is 16.5. The summed E-state index contributed by atoms with van der Waals surface area (Å²) in [5.74, 6) is 1.64. The van der Waals surface area contributed by atoms with Gasteiger partial charge in [0.05, 0.1) is 19.8 Å². The Morgan fingerprint density at radius 1 is 0.696 bits per heavy atom. The lowest BCUT2D eigenvalue weighted by Crippen LogP contribution is -2.00. The van der Waals surface area contributed by atoms with Crippen LogP contribution in [0.5, 0.6) is 11.5 Å². The van der Waals surface area contributed by atoms with Crippen molar-refractivity contribution in [2.45, 2.75) is 38.5 Å². The predicted molar refractivity (Wildman–Crippen MR) is 102 cm³/mol. The van der Waals surface area contributed by atoms with E-state index in [1.807, 2.05) is 36.4 Å². The molecule has 23 heavy (non-hydrogen) atoms. The Balaban J connectivity index is 0.000000268. The van der Waals surface area contributed by atoms with Crippen molar-refractivity contribution < 1.29 is 9.47 Å². The van der Waals surface area contributed by atoms with Gasteiger partial charge >= 0.3 is 0 Å². The van der Waals surface area contributed by atoms with E-state index in [-0.39, 0.29) is 0 Å². The maximum Gasteiger partial charge on any atom is 0.130 e. The minimum absolute atomic E-state index is 0.819. The predicted octanol–water partition coefficient (Wildman–Crippen LogP) is 5.21. The second-order valence-electron chi connectivity index (χ2n) is 5.75. The van der Waals surface area contributed by atoms with Gasteiger partial charge in [0, 0.05) is 0 Å². The molecule has 3 heteroatoms. The molecule has 0 aromatic heterocycles. The van der Waals surface area contributed by atoms with Gasteiger partial charge in [-0.1, -0.05) is 68.9 Å². The molecular formula is C20H27O2P. The summed E-state index contributed by atoms with van der Waals surface area (Å²) in [5.41, 5.74) is 2.09. The summed E-state index contributed by atoms with van der Waals surface area (Å²) in [7, 11) is 6.08. The van der Waals surface area contributed by atoms with E-state index in [1.165, 1.54) is 38.5 Å². The largest absolute Gasteiger partial charge is 0.496 e. The van der Waals surface area contributed by atoms with Crippen LogP contribution in [0.3, 0.4) is 0 Å². The molecule has 2 aromatic carbocycles. The first-order valence-electron chi connectivity index (χ1n) is 8.33. The summed E-state index contributed by atoms with van der Waals surface area (Å²) in [4.78, 5) is 0. The van der Waals surface area contributed by atoms with E-state index in [1.54, 1.807) is 14.2 Å². The van der Waals surface area contributed by atoms with Crippen LogP contribution >= 0.6 is 9.24 Å². The standard InChI is InChI=1S/C14H15O2P.C6H12/c1-15-11-7-5-8-12(16-2)14(11)10-6-3-4-9-13(10)17;1-2-4-6-5-3-1/h3-9H,17H2,1-2H3;1-6H2. The van der Waals surface area contributed by atoms with Gasteiger partial charge in [-0.15, -0.1) is 9.24 Å². The van der Waals surface area contributed by atoms with E-state index in [9.17, 15) is 0 Å². The van der Waals surface area contributed by atoms with Gasteiger partial charge in [0.25, 0.3) is 0 Å². The quantitative estimate of drug-likeness (QED) is 0.719. The van der Waals surface area contributed by atoms with Crippen molar-refractivity contribution in [1.82, 2.24) is 0 Å². The topological polar surface area (TPSA) is 18.5 Å². The van der Waals surface area contributed by atoms with E-state index in [0.29, 0.717) is 0 Å². The summed E-state index contributed by atoms with van der Waals surface area (Å²) >= 11 is 0. The molecule has 0 saturated heterocycles. The fourth-order valence-electron chi connectivity index (χ4n) is 2.90. The normalized spacial score (nSPS) is 13.7. The molecule has 1 aliphatic carbocycles. The monoisotopic (exact) mass is 330 g/mol. The van der Waals surface area contributed by atoms with Gasteiger partial charge in [-0.2, -0.15) is 0 Å². The van der Waals surface area contributed by atoms with Gasteiger partial charge < -0.3 is 9.47 Å². The lowest BCUT2D eigenvalue weighted by atomic mass is 10.0. The highest BCUT2D eigenvalue weighted by Crippen LogP contribution is 2.37. The molecule has 124 valence electrons. The van der Waals surface area contributed by atoms with Crippen LogP contribution in [0, 0.1) is 0 Å². The molecule has 1 atom stereocenters. The molecule has 0 bridgehead atoms. The Labute approximate surface area is 142 Å². The number of rotatable bonds is 3. The zero-order valence-electron chi connectivity index (χ0n) is 14.2. The molecule has 0 heterocycles. The fourth-order valence-corrected chi connectivity index (χ4v) is 3.25. The van der Waals surface area contributed by atoms with Crippen molar-refractivity contribution >= 4 is 14.5 Å². The number of hydrogen-bond donors (Lipinski definition) is 0. The Kier molecular flexibility index (Phi) is 7.42. The SMILES string of the molecule is C1CCCCC1.COc1cccc(OC)c1-c1ccccc1P. The summed E-state index contributed by atoms with van der Waals surface area (Å²) in [6.45, 7) is 0. The Morgan fingerprint density at radius 2 is 1.17 bits per heavy atom. The Morgan fingerprint density at radius 3 is 1.61 bits per heavy atom. The summed E-state index contributed by atoms with van der Waals surface area (Å²) in [6.07, 6.45) is 9.00. The summed E-state index contributed by atoms with van der Waals surface area (Å²) in [6, 6.07) is 13.9. The fraction of sp³-hybridized carbons (Fsp3) is 0.400. The molecule has 0 spiro atoms. The molecule has 2 aromatic rings. The first-order valence-corrected chi connectivity index (χ1v) is 8.91. The van der Waals surface area contributed by atoms with Crippen molar-refractivity contribution in [3.8, 4) is 22.6 Å². The molecule has 1 aliphatic rings. The van der Waals surface area contributed by atoms with E-state index in [0.717, 1.165) is 27.9 Å². The smallest absolute Gasteiger partial charge is 0.130 e. The van der Waals surface area contributed by atoms with Gasteiger partial charge in [0.15, 0.2) is 0 Å². The number of benzene rings is 2. The van der Waals surface area contributed by atoms with Crippen LogP contribution in [-0.4, -0.2) is 14.2 Å². The third-order valence-electron chi connectivity index (χ3n) is 4.16. The van der Waals surface area contributed by atoms with Gasteiger partial charge in [-0.05, 0) is 23.0 Å². The van der Waals surface area contributed by atoms with Crippen LogP contribution in [-0.2, 0) is 0 Å². The molecule has 0 amide bonds.